The summed E-state index contributed by atoms with van der Waals surface area (Å²) in [6, 6.07) is 4.25. The van der Waals surface area contributed by atoms with Gasteiger partial charge >= 0.3 is 12.1 Å². The largest absolute Gasteiger partial charge is 0.461 e. The summed E-state index contributed by atoms with van der Waals surface area (Å²) in [5.41, 5.74) is 1.13. The lowest BCUT2D eigenvalue weighted by Gasteiger charge is -2.22. The third-order valence-electron chi connectivity index (χ3n) is 5.59. The summed E-state index contributed by atoms with van der Waals surface area (Å²) >= 11 is 8.42. The molecule has 0 spiro atoms. The molecule has 4 rings (SSSR count). The molecule has 1 unspecified atom stereocenters. The first-order valence-corrected chi connectivity index (χ1v) is 12.9. The number of hydrogen-bond acceptors (Lipinski definition) is 7. The Bertz CT molecular complexity index is 1530. The van der Waals surface area contributed by atoms with Crippen molar-refractivity contribution in [2.45, 2.75) is 35.9 Å². The number of tetrazole rings is 1. The van der Waals surface area contributed by atoms with Gasteiger partial charge in [-0.25, -0.2) is 9.67 Å². The van der Waals surface area contributed by atoms with Crippen LogP contribution in [0.5, 0.6) is 0 Å². The van der Waals surface area contributed by atoms with Crippen LogP contribution in [-0.4, -0.2) is 63.9 Å². The molecule has 3 heterocycles. The van der Waals surface area contributed by atoms with E-state index in [1.165, 1.54) is 31.4 Å². The van der Waals surface area contributed by atoms with Gasteiger partial charge in [-0.15, -0.1) is 10.2 Å². The summed E-state index contributed by atoms with van der Waals surface area (Å²) in [4.78, 5) is 30.6. The second-order valence-electron chi connectivity index (χ2n) is 8.41. The van der Waals surface area contributed by atoms with Crippen molar-refractivity contribution in [1.29, 1.82) is 0 Å². The summed E-state index contributed by atoms with van der Waals surface area (Å²) in [5.74, 6) is -8.25. The number of aromatic nitrogens is 7. The van der Waals surface area contributed by atoms with Gasteiger partial charge in [0.25, 0.3) is 11.7 Å². The van der Waals surface area contributed by atoms with Crippen LogP contribution in [0.25, 0.3) is 5.82 Å². The lowest BCUT2D eigenvalue weighted by atomic mass is 9.95. The molecule has 0 aromatic carbocycles. The summed E-state index contributed by atoms with van der Waals surface area (Å²) in [7, 11) is 1.46. The Labute approximate surface area is 241 Å². The molecule has 0 bridgehead atoms. The standard InChI is InChI=1S/C22H18ClF5IN9O2/c1-10-6-11(29)7-13(18(39)30-2)16(10)32-19(40)15-8-12(34-38(15)17-14(23)4-3-5-31-17)9-37-35-20(33-36-37)21(24,25)22(26,27)28/h3-6,8,11H,7,9H2,1-2H3,(H,30,39)(H,32,40). The maximum atomic E-state index is 13.6. The molecule has 0 saturated heterocycles. The number of nitrogens with one attached hydrogen (secondary N) is 2. The molecule has 2 amide bonds. The molecular formula is C22H18ClF5IN9O2. The first kappa shape index (κ1) is 29.5. The number of likely N-dealkylation sites (N-methyl/N-ethyl adjacent to an activating group) is 1. The highest BCUT2D eigenvalue weighted by Gasteiger charge is 2.62. The predicted molar refractivity (Wildman–Crippen MR) is 138 cm³/mol. The zero-order valence-corrected chi connectivity index (χ0v) is 23.4. The highest BCUT2D eigenvalue weighted by atomic mass is 127. The highest BCUT2D eigenvalue weighted by molar-refractivity contribution is 14.1. The number of alkyl halides is 6. The fourth-order valence-corrected chi connectivity index (χ4v) is 4.91. The Balaban J connectivity index is 1.72. The number of rotatable bonds is 7. The smallest absolute Gasteiger partial charge is 0.355 e. The zero-order chi connectivity index (χ0) is 29.4. The van der Waals surface area contributed by atoms with E-state index in [9.17, 15) is 31.5 Å². The van der Waals surface area contributed by atoms with Crippen LogP contribution in [0.3, 0.4) is 0 Å². The third-order valence-corrected chi connectivity index (χ3v) is 6.69. The van der Waals surface area contributed by atoms with Gasteiger partial charge in [-0.3, -0.25) is 9.59 Å². The molecular weight excluding hydrogens is 680 g/mol. The van der Waals surface area contributed by atoms with Crippen molar-refractivity contribution in [1.82, 2.24) is 45.6 Å². The van der Waals surface area contributed by atoms with E-state index in [1.807, 2.05) is 6.08 Å². The number of carbonyl (C=O) groups excluding carboxylic acids is 2. The number of pyridine rings is 1. The Morgan fingerprint density at radius 3 is 2.58 bits per heavy atom. The van der Waals surface area contributed by atoms with Crippen LogP contribution in [-0.2, 0) is 17.3 Å². The quantitative estimate of drug-likeness (QED) is 0.220. The van der Waals surface area contributed by atoms with Gasteiger partial charge in [-0.2, -0.15) is 31.8 Å². The average molecular weight is 698 g/mol. The molecule has 2 N–H and O–H groups in total. The van der Waals surface area contributed by atoms with E-state index in [2.05, 4.69) is 58.7 Å². The van der Waals surface area contributed by atoms with Crippen LogP contribution in [0.1, 0.15) is 35.4 Å². The van der Waals surface area contributed by atoms with Crippen LogP contribution in [0, 0.1) is 0 Å². The average Bonchev–Trinajstić information content (AvgIpc) is 3.52. The topological polar surface area (TPSA) is 133 Å². The van der Waals surface area contributed by atoms with Crippen molar-refractivity contribution in [2.75, 3.05) is 7.05 Å². The Morgan fingerprint density at radius 1 is 1.20 bits per heavy atom. The van der Waals surface area contributed by atoms with Gasteiger partial charge in [-0.05, 0) is 42.3 Å². The molecule has 0 radical (unpaired) electrons. The van der Waals surface area contributed by atoms with Gasteiger partial charge in [0, 0.05) is 22.7 Å². The van der Waals surface area contributed by atoms with E-state index in [1.54, 1.807) is 6.92 Å². The van der Waals surface area contributed by atoms with E-state index >= 15 is 0 Å². The Hall–Kier alpha value is -3.48. The van der Waals surface area contributed by atoms with E-state index in [0.29, 0.717) is 22.4 Å². The van der Waals surface area contributed by atoms with Gasteiger partial charge in [0.2, 0.25) is 5.91 Å². The minimum Gasteiger partial charge on any atom is -0.355 e. The predicted octanol–water partition coefficient (Wildman–Crippen LogP) is 3.49. The number of nitrogens with zero attached hydrogens (tertiary/aromatic N) is 7. The van der Waals surface area contributed by atoms with Crippen LogP contribution < -0.4 is 10.6 Å². The van der Waals surface area contributed by atoms with Crippen molar-refractivity contribution in [3.05, 3.63) is 69.6 Å². The second kappa shape index (κ2) is 11.2. The molecule has 11 nitrogen and oxygen atoms in total. The number of hydrogen-bond donors (Lipinski definition) is 2. The minimum atomic E-state index is -5.92. The van der Waals surface area contributed by atoms with Gasteiger partial charge < -0.3 is 10.6 Å². The first-order chi connectivity index (χ1) is 18.7. The monoisotopic (exact) mass is 697 g/mol. The molecule has 0 saturated carbocycles. The summed E-state index contributed by atoms with van der Waals surface area (Å²) in [6.45, 7) is 1.20. The first-order valence-electron chi connectivity index (χ1n) is 11.2. The number of carbonyl (C=O) groups is 2. The van der Waals surface area contributed by atoms with Crippen LogP contribution in [0.2, 0.25) is 5.02 Å². The molecule has 3 aromatic rings. The van der Waals surface area contributed by atoms with Gasteiger partial charge in [-0.1, -0.05) is 40.3 Å². The Kier molecular flexibility index (Phi) is 8.25. The maximum Gasteiger partial charge on any atom is 0.461 e. The molecule has 3 aromatic heterocycles. The molecule has 1 aliphatic carbocycles. The van der Waals surface area contributed by atoms with Crippen molar-refractivity contribution >= 4 is 46.0 Å². The van der Waals surface area contributed by atoms with Crippen LogP contribution in [0.15, 0.2) is 47.3 Å². The summed E-state index contributed by atoms with van der Waals surface area (Å²) < 4.78 is 66.4. The SMILES string of the molecule is CNC(=O)C1=C(NC(=O)c2cc(Cn3nnc(C(F)(F)C(F)(F)F)n3)nn2-c2ncccc2Cl)C(C)=CC(I)C1. The van der Waals surface area contributed by atoms with Crippen molar-refractivity contribution in [2.24, 2.45) is 0 Å². The highest BCUT2D eigenvalue weighted by Crippen LogP contribution is 2.41. The fourth-order valence-electron chi connectivity index (χ4n) is 3.73. The summed E-state index contributed by atoms with van der Waals surface area (Å²) in [5, 5.41) is 18.8. The van der Waals surface area contributed by atoms with Gasteiger partial charge in [0.15, 0.2) is 5.82 Å². The lowest BCUT2D eigenvalue weighted by molar-refractivity contribution is -0.292. The van der Waals surface area contributed by atoms with Crippen LogP contribution in [0.4, 0.5) is 22.0 Å². The zero-order valence-electron chi connectivity index (χ0n) is 20.5. The van der Waals surface area contributed by atoms with E-state index in [0.717, 1.165) is 4.68 Å². The van der Waals surface area contributed by atoms with Crippen molar-refractivity contribution in [3.8, 4) is 5.82 Å². The molecule has 0 aliphatic heterocycles. The van der Waals surface area contributed by atoms with Crippen LogP contribution >= 0.6 is 34.2 Å². The van der Waals surface area contributed by atoms with Crippen molar-refractivity contribution in [3.63, 3.8) is 0 Å². The van der Waals surface area contributed by atoms with E-state index < -0.39 is 30.4 Å². The van der Waals surface area contributed by atoms with Gasteiger partial charge in [0.05, 0.1) is 16.4 Å². The second-order valence-corrected chi connectivity index (χ2v) is 10.4. The third kappa shape index (κ3) is 5.84. The normalized spacial score (nSPS) is 16.1. The molecule has 40 heavy (non-hydrogen) atoms. The minimum absolute atomic E-state index is 0.0137. The van der Waals surface area contributed by atoms with Crippen molar-refractivity contribution < 1.29 is 31.5 Å². The molecule has 1 aliphatic rings. The number of amides is 2. The number of halogens is 7. The van der Waals surface area contributed by atoms with E-state index in [4.69, 9.17) is 11.6 Å². The molecule has 212 valence electrons. The van der Waals surface area contributed by atoms with Gasteiger partial charge in [0.1, 0.15) is 12.2 Å². The number of allylic oxidation sites excluding steroid dienone is 2. The fraction of sp³-hybridized carbons (Fsp3) is 0.318. The maximum absolute atomic E-state index is 13.6. The molecule has 18 heteroatoms. The summed E-state index contributed by atoms with van der Waals surface area (Å²) in [6.07, 6.45) is -2.30. The molecule has 1 atom stereocenters. The van der Waals surface area contributed by atoms with E-state index in [-0.39, 0.29) is 37.8 Å². The Morgan fingerprint density at radius 2 is 1.93 bits per heavy atom. The lowest BCUT2D eigenvalue weighted by Crippen LogP contribution is -2.35. The molecule has 0 fully saturated rings.